The van der Waals surface area contributed by atoms with Gasteiger partial charge in [0.2, 0.25) is 0 Å². The van der Waals surface area contributed by atoms with Crippen molar-refractivity contribution in [2.45, 2.75) is 12.8 Å². The van der Waals surface area contributed by atoms with Gasteiger partial charge in [-0.15, -0.1) is 0 Å². The normalized spacial score (nSPS) is 14.8. The van der Waals surface area contributed by atoms with Crippen LogP contribution >= 0.6 is 0 Å². The zero-order chi connectivity index (χ0) is 19.4. The van der Waals surface area contributed by atoms with Crippen molar-refractivity contribution in [1.82, 2.24) is 10.0 Å². The second kappa shape index (κ2) is 8.38. The fraction of sp³-hybridized carbons (Fsp3) is 0.200. The van der Waals surface area contributed by atoms with Crippen LogP contribution in [0.2, 0.25) is 0 Å². The molecule has 28 heavy (non-hydrogen) atoms. The van der Waals surface area contributed by atoms with Crippen LogP contribution in [0.1, 0.15) is 12.8 Å². The zero-order valence-electron chi connectivity index (χ0n) is 16.8. The molecule has 0 saturated heterocycles. The minimum absolute atomic E-state index is 1.08. The molecule has 0 aromatic heterocycles. The summed E-state index contributed by atoms with van der Waals surface area (Å²) in [5, 5.41) is 4.80. The zero-order valence-corrected chi connectivity index (χ0v) is 18.9. The molecular formula is C25H28GeN2. The molecule has 2 nitrogen and oxygen atoms in total. The molecule has 0 N–H and O–H groups in total. The fourth-order valence-corrected chi connectivity index (χ4v) is 15.2. The quantitative estimate of drug-likeness (QED) is 0.576. The third-order valence-corrected chi connectivity index (χ3v) is 15.8. The second-order valence-electron chi connectivity index (χ2n) is 7.55. The third kappa shape index (κ3) is 3.32. The number of hydrogen-bond acceptors (Lipinski definition) is 2. The molecule has 4 rings (SSSR count). The monoisotopic (exact) mass is 430 g/mol. The summed E-state index contributed by atoms with van der Waals surface area (Å²) in [6.07, 6.45) is 4.88. The first-order valence-electron chi connectivity index (χ1n) is 10.1. The van der Waals surface area contributed by atoms with Gasteiger partial charge < -0.3 is 0 Å². The average molecular weight is 429 g/mol. The Hall–Kier alpha value is -2.30. The molecule has 0 aliphatic carbocycles. The van der Waals surface area contributed by atoms with Crippen molar-refractivity contribution in [1.29, 1.82) is 0 Å². The Bertz CT molecular complexity index is 824. The van der Waals surface area contributed by atoms with E-state index in [1.807, 2.05) is 0 Å². The average Bonchev–Trinajstić information content (AvgIpc) is 2.77. The summed E-state index contributed by atoms with van der Waals surface area (Å²) >= 11 is -3.12. The van der Waals surface area contributed by atoms with E-state index < -0.39 is 13.3 Å². The molecule has 1 aliphatic heterocycles. The van der Waals surface area contributed by atoms with Gasteiger partial charge in [0.25, 0.3) is 0 Å². The number of rotatable bonds is 5. The topological polar surface area (TPSA) is 6.48 Å². The van der Waals surface area contributed by atoms with Crippen molar-refractivity contribution in [3.05, 3.63) is 102 Å². The van der Waals surface area contributed by atoms with E-state index in [0.717, 1.165) is 13.0 Å². The van der Waals surface area contributed by atoms with E-state index in [-0.39, 0.29) is 0 Å². The van der Waals surface area contributed by atoms with Crippen LogP contribution in [0.5, 0.6) is 0 Å². The predicted octanol–water partition coefficient (Wildman–Crippen LogP) is 3.15. The molecule has 3 aromatic carbocycles. The maximum atomic E-state index is 2.52. The first kappa shape index (κ1) is 19.0. The Kier molecular flexibility index (Phi) is 5.70. The predicted molar refractivity (Wildman–Crippen MR) is 122 cm³/mol. The molecule has 0 radical (unpaired) electrons. The number of nitrogens with zero attached hydrogens (tertiary/aromatic N) is 2. The van der Waals surface area contributed by atoms with E-state index in [4.69, 9.17) is 0 Å². The summed E-state index contributed by atoms with van der Waals surface area (Å²) in [4.78, 5) is 0. The van der Waals surface area contributed by atoms with Gasteiger partial charge in [0, 0.05) is 0 Å². The molecule has 1 aliphatic rings. The van der Waals surface area contributed by atoms with Crippen molar-refractivity contribution in [3.8, 4) is 0 Å². The van der Waals surface area contributed by atoms with Crippen LogP contribution in [0.4, 0.5) is 0 Å². The van der Waals surface area contributed by atoms with Crippen molar-refractivity contribution >= 4 is 26.5 Å². The first-order valence-corrected chi connectivity index (χ1v) is 14.3. The van der Waals surface area contributed by atoms with Crippen molar-refractivity contribution in [2.75, 3.05) is 20.6 Å². The number of allylic oxidation sites excluding steroid dienone is 1. The van der Waals surface area contributed by atoms with E-state index in [1.54, 1.807) is 0 Å². The molecule has 142 valence electrons. The van der Waals surface area contributed by atoms with Crippen molar-refractivity contribution in [2.24, 2.45) is 0 Å². The van der Waals surface area contributed by atoms with Crippen LogP contribution in [-0.2, 0) is 0 Å². The minimum atomic E-state index is -3.12. The van der Waals surface area contributed by atoms with Gasteiger partial charge in [-0.3, -0.25) is 0 Å². The summed E-state index contributed by atoms with van der Waals surface area (Å²) in [5.41, 5.74) is 0. The first-order chi connectivity index (χ1) is 13.7. The van der Waals surface area contributed by atoms with Crippen molar-refractivity contribution in [3.63, 3.8) is 0 Å². The Morgan fingerprint density at radius 3 is 1.50 bits per heavy atom. The summed E-state index contributed by atoms with van der Waals surface area (Å²) in [6, 6.07) is 33.7. The molecule has 0 spiro atoms. The van der Waals surface area contributed by atoms with Gasteiger partial charge in [0.1, 0.15) is 0 Å². The molecule has 3 heteroatoms. The van der Waals surface area contributed by atoms with E-state index in [2.05, 4.69) is 121 Å². The standard InChI is InChI=1S/C25H28GeN2/c1-27(2)28-21-13-12-20-25(28)26(22-14-6-3-7-15-22,23-16-8-4-9-17-23)24-18-10-5-11-19-24/h3-11,14-20H,12-13,21H2,1-2H3. The molecule has 0 saturated carbocycles. The molecule has 3 aromatic rings. The van der Waals surface area contributed by atoms with E-state index in [0.29, 0.717) is 0 Å². The van der Waals surface area contributed by atoms with Gasteiger partial charge in [0.15, 0.2) is 0 Å². The molecule has 0 bridgehead atoms. The van der Waals surface area contributed by atoms with Gasteiger partial charge in [-0.05, 0) is 0 Å². The Balaban J connectivity index is 2.09. The summed E-state index contributed by atoms with van der Waals surface area (Å²) in [5.74, 6) is 0. The summed E-state index contributed by atoms with van der Waals surface area (Å²) in [6.45, 7) is 1.08. The molecule has 0 atom stereocenters. The van der Waals surface area contributed by atoms with Gasteiger partial charge in [-0.25, -0.2) is 0 Å². The van der Waals surface area contributed by atoms with E-state index >= 15 is 0 Å². The summed E-state index contributed by atoms with van der Waals surface area (Å²) < 4.78 is 5.99. The van der Waals surface area contributed by atoms with Crippen molar-refractivity contribution < 1.29 is 0 Å². The van der Waals surface area contributed by atoms with E-state index in [9.17, 15) is 0 Å². The van der Waals surface area contributed by atoms with Gasteiger partial charge >= 0.3 is 172 Å². The Morgan fingerprint density at radius 2 is 1.11 bits per heavy atom. The Morgan fingerprint density at radius 1 is 0.679 bits per heavy atom. The summed E-state index contributed by atoms with van der Waals surface area (Å²) in [7, 11) is 4.35. The third-order valence-electron chi connectivity index (χ3n) is 5.68. The number of hydrogen-bond donors (Lipinski definition) is 0. The molecule has 0 fully saturated rings. The molecule has 0 amide bonds. The maximum absolute atomic E-state index is 3.12. The molecule has 1 heterocycles. The van der Waals surface area contributed by atoms with Gasteiger partial charge in [-0.2, -0.15) is 0 Å². The van der Waals surface area contributed by atoms with Crippen LogP contribution in [0.15, 0.2) is 102 Å². The van der Waals surface area contributed by atoms with Crippen LogP contribution < -0.4 is 13.2 Å². The van der Waals surface area contributed by atoms with Gasteiger partial charge in [0.05, 0.1) is 0 Å². The van der Waals surface area contributed by atoms with Gasteiger partial charge in [-0.1, -0.05) is 0 Å². The van der Waals surface area contributed by atoms with E-state index in [1.165, 1.54) is 24.1 Å². The van der Waals surface area contributed by atoms with Crippen LogP contribution in [0.3, 0.4) is 0 Å². The van der Waals surface area contributed by atoms with Crippen LogP contribution in [0.25, 0.3) is 0 Å². The molecular weight excluding hydrogens is 401 g/mol. The SMILES string of the molecule is CN(C)N1CCCC=[C]1[Ge]([c]1ccccc1)([c]1ccccc1)[c]1ccccc1. The fourth-order valence-electron chi connectivity index (χ4n) is 4.48. The van der Waals surface area contributed by atoms with Crippen LogP contribution in [0, 0.1) is 0 Å². The molecule has 0 unspecified atom stereocenters. The number of benzene rings is 3. The number of hydrazine groups is 1. The van der Waals surface area contributed by atoms with Crippen LogP contribution in [-0.4, -0.2) is 43.9 Å². The second-order valence-corrected chi connectivity index (χ2v) is 15.4. The Labute approximate surface area is 171 Å².